The predicted octanol–water partition coefficient (Wildman–Crippen LogP) is 3.15. The molecule has 1 aliphatic carbocycles. The molecule has 0 atom stereocenters. The number of carbonyl (C=O) groups excluding carboxylic acids is 1. The maximum Gasteiger partial charge on any atom is 0.323 e. The van der Waals surface area contributed by atoms with Crippen molar-refractivity contribution >= 4 is 35.2 Å². The Hall–Kier alpha value is -1.20. The van der Waals surface area contributed by atoms with E-state index in [-0.39, 0.29) is 12.5 Å². The molecule has 1 fully saturated rings. The fourth-order valence-corrected chi connectivity index (χ4v) is 2.94. The highest BCUT2D eigenvalue weighted by Crippen LogP contribution is 2.30. The second kappa shape index (κ2) is 7.71. The molecule has 0 bridgehead atoms. The highest BCUT2D eigenvalue weighted by molar-refractivity contribution is 7.99. The van der Waals surface area contributed by atoms with Gasteiger partial charge in [0.1, 0.15) is 6.54 Å². The van der Waals surface area contributed by atoms with Crippen molar-refractivity contribution < 1.29 is 14.7 Å². The van der Waals surface area contributed by atoms with Crippen molar-refractivity contribution in [3.63, 3.8) is 0 Å². The molecule has 6 heteroatoms. The minimum absolute atomic E-state index is 0.0780. The molecule has 0 saturated heterocycles. The van der Waals surface area contributed by atoms with Crippen LogP contribution < -0.4 is 0 Å². The number of nitrogens with zero attached hydrogens (tertiary/aromatic N) is 1. The number of halogens is 1. The molecule has 4 nitrogen and oxygen atoms in total. The molecule has 0 radical (unpaired) electrons. The van der Waals surface area contributed by atoms with Gasteiger partial charge in [-0.05, 0) is 43.0 Å². The number of carboxylic acid groups (broad SMARTS) is 1. The van der Waals surface area contributed by atoms with Crippen LogP contribution in [0.15, 0.2) is 29.2 Å². The van der Waals surface area contributed by atoms with E-state index in [2.05, 4.69) is 0 Å². The van der Waals surface area contributed by atoms with Crippen molar-refractivity contribution in [2.24, 2.45) is 5.92 Å². The lowest BCUT2D eigenvalue weighted by molar-refractivity contribution is -0.144. The lowest BCUT2D eigenvalue weighted by Crippen LogP contribution is -2.37. The number of aliphatic carboxylic acids is 1. The van der Waals surface area contributed by atoms with Crippen molar-refractivity contribution in [2.45, 2.75) is 24.2 Å². The molecular weight excluding hydrogens is 310 g/mol. The summed E-state index contributed by atoms with van der Waals surface area (Å²) in [5.74, 6) is 0.110. The van der Waals surface area contributed by atoms with Crippen molar-refractivity contribution in [3.8, 4) is 0 Å². The zero-order chi connectivity index (χ0) is 15.2. The molecule has 0 spiro atoms. The average molecular weight is 328 g/mol. The van der Waals surface area contributed by atoms with Crippen LogP contribution in [0.1, 0.15) is 19.3 Å². The summed E-state index contributed by atoms with van der Waals surface area (Å²) in [5.41, 5.74) is 0. The van der Waals surface area contributed by atoms with E-state index in [1.165, 1.54) is 4.90 Å². The molecule has 1 aliphatic rings. The van der Waals surface area contributed by atoms with Crippen LogP contribution in [-0.2, 0) is 9.59 Å². The first-order valence-corrected chi connectivity index (χ1v) is 8.29. The number of carbonyl (C=O) groups is 2. The van der Waals surface area contributed by atoms with E-state index in [9.17, 15) is 9.59 Å². The van der Waals surface area contributed by atoms with Crippen LogP contribution in [0, 0.1) is 5.92 Å². The summed E-state index contributed by atoms with van der Waals surface area (Å²) in [4.78, 5) is 25.5. The van der Waals surface area contributed by atoms with Gasteiger partial charge < -0.3 is 10.0 Å². The third-order valence-corrected chi connectivity index (χ3v) is 4.52. The zero-order valence-corrected chi connectivity index (χ0v) is 13.2. The minimum atomic E-state index is -0.950. The van der Waals surface area contributed by atoms with E-state index >= 15 is 0 Å². The van der Waals surface area contributed by atoms with E-state index in [0.717, 1.165) is 17.7 Å². The molecule has 0 aromatic heterocycles. The smallest absolute Gasteiger partial charge is 0.323 e. The largest absolute Gasteiger partial charge is 0.480 e. The lowest BCUT2D eigenvalue weighted by Gasteiger charge is -2.20. The first-order valence-electron chi connectivity index (χ1n) is 6.92. The zero-order valence-electron chi connectivity index (χ0n) is 11.6. The molecule has 114 valence electrons. The van der Waals surface area contributed by atoms with Crippen molar-refractivity contribution in [3.05, 3.63) is 29.3 Å². The number of carboxylic acids is 1. The standard InChI is InChI=1S/C15H18ClNO3S/c16-12-3-5-13(6-4-12)21-8-7-14(18)17(10-15(19)20)9-11-1-2-11/h3-6,11H,1-2,7-10H2,(H,19,20). The molecule has 1 aromatic rings. The Morgan fingerprint density at radius 2 is 1.95 bits per heavy atom. The molecule has 0 heterocycles. The van der Waals surface area contributed by atoms with Crippen LogP contribution in [0.5, 0.6) is 0 Å². The van der Waals surface area contributed by atoms with Gasteiger partial charge in [-0.25, -0.2) is 0 Å². The Bertz CT molecular complexity index is 502. The summed E-state index contributed by atoms with van der Waals surface area (Å²) in [7, 11) is 0. The first kappa shape index (κ1) is 16.2. The van der Waals surface area contributed by atoms with Crippen molar-refractivity contribution in [1.82, 2.24) is 4.90 Å². The molecule has 21 heavy (non-hydrogen) atoms. The van der Waals surface area contributed by atoms with E-state index in [0.29, 0.717) is 29.7 Å². The fraction of sp³-hybridized carbons (Fsp3) is 0.467. The van der Waals surface area contributed by atoms with Gasteiger partial charge in [0.15, 0.2) is 0 Å². The summed E-state index contributed by atoms with van der Waals surface area (Å²) in [5, 5.41) is 9.57. The number of hydrogen-bond donors (Lipinski definition) is 1. The van der Waals surface area contributed by atoms with Gasteiger partial charge in [0.05, 0.1) is 0 Å². The van der Waals surface area contributed by atoms with Crippen molar-refractivity contribution in [1.29, 1.82) is 0 Å². The van der Waals surface area contributed by atoms with Crippen LogP contribution >= 0.6 is 23.4 Å². The van der Waals surface area contributed by atoms with E-state index < -0.39 is 5.97 Å². The monoisotopic (exact) mass is 327 g/mol. The van der Waals surface area contributed by atoms with Crippen LogP contribution in [0.4, 0.5) is 0 Å². The van der Waals surface area contributed by atoms with Gasteiger partial charge >= 0.3 is 5.97 Å². The molecule has 1 aromatic carbocycles. The van der Waals surface area contributed by atoms with E-state index in [4.69, 9.17) is 16.7 Å². The highest BCUT2D eigenvalue weighted by atomic mass is 35.5. The Morgan fingerprint density at radius 1 is 1.29 bits per heavy atom. The van der Waals surface area contributed by atoms with Gasteiger partial charge in [0.2, 0.25) is 5.91 Å². The average Bonchev–Trinajstić information content (AvgIpc) is 3.23. The maximum absolute atomic E-state index is 12.1. The van der Waals surface area contributed by atoms with Gasteiger partial charge in [-0.3, -0.25) is 9.59 Å². The lowest BCUT2D eigenvalue weighted by atomic mass is 10.3. The molecule has 1 N–H and O–H groups in total. The first-order chi connectivity index (χ1) is 10.0. The second-order valence-electron chi connectivity index (χ2n) is 5.16. The number of amides is 1. The number of benzene rings is 1. The SMILES string of the molecule is O=C(O)CN(CC1CC1)C(=O)CCSc1ccc(Cl)cc1. The molecule has 0 unspecified atom stereocenters. The third-order valence-electron chi connectivity index (χ3n) is 3.25. The maximum atomic E-state index is 12.1. The van der Waals surface area contributed by atoms with Gasteiger partial charge in [0, 0.05) is 28.6 Å². The van der Waals surface area contributed by atoms with Crippen LogP contribution in [0.25, 0.3) is 0 Å². The van der Waals surface area contributed by atoms with Crippen molar-refractivity contribution in [2.75, 3.05) is 18.8 Å². The molecular formula is C15H18ClNO3S. The van der Waals surface area contributed by atoms with Gasteiger partial charge in [0.25, 0.3) is 0 Å². The van der Waals surface area contributed by atoms with Crippen LogP contribution in [-0.4, -0.2) is 40.7 Å². The number of hydrogen-bond acceptors (Lipinski definition) is 3. The van der Waals surface area contributed by atoms with Crippen LogP contribution in [0.2, 0.25) is 5.02 Å². The van der Waals surface area contributed by atoms with E-state index in [1.807, 2.05) is 24.3 Å². The summed E-state index contributed by atoms with van der Waals surface area (Å²) in [6.07, 6.45) is 2.55. The predicted molar refractivity (Wildman–Crippen MR) is 83.7 cm³/mol. The molecule has 1 saturated carbocycles. The second-order valence-corrected chi connectivity index (χ2v) is 6.77. The van der Waals surface area contributed by atoms with Gasteiger partial charge in [-0.1, -0.05) is 11.6 Å². The normalized spacial score (nSPS) is 14.0. The number of rotatable bonds is 8. The summed E-state index contributed by atoms with van der Waals surface area (Å²) < 4.78 is 0. The summed E-state index contributed by atoms with van der Waals surface area (Å²) in [6, 6.07) is 7.46. The topological polar surface area (TPSA) is 57.6 Å². The molecule has 0 aliphatic heterocycles. The van der Waals surface area contributed by atoms with Gasteiger partial charge in [-0.15, -0.1) is 11.8 Å². The molecule has 2 rings (SSSR count). The third kappa shape index (κ3) is 5.98. The fourth-order valence-electron chi connectivity index (χ4n) is 1.98. The number of thioether (sulfide) groups is 1. The summed E-state index contributed by atoms with van der Waals surface area (Å²) >= 11 is 7.39. The van der Waals surface area contributed by atoms with Crippen LogP contribution in [0.3, 0.4) is 0 Å². The van der Waals surface area contributed by atoms with Gasteiger partial charge in [-0.2, -0.15) is 0 Å². The quantitative estimate of drug-likeness (QED) is 0.745. The Morgan fingerprint density at radius 3 is 2.52 bits per heavy atom. The Balaban J connectivity index is 1.77. The van der Waals surface area contributed by atoms with E-state index in [1.54, 1.807) is 11.8 Å². The highest BCUT2D eigenvalue weighted by Gasteiger charge is 2.27. The molecule has 1 amide bonds. The Labute approximate surface area is 133 Å². The Kier molecular flexibility index (Phi) is 5.94. The minimum Gasteiger partial charge on any atom is -0.480 e. The summed E-state index contributed by atoms with van der Waals surface area (Å²) in [6.45, 7) is 0.387.